The van der Waals surface area contributed by atoms with Gasteiger partial charge in [0.15, 0.2) is 0 Å². The highest BCUT2D eigenvalue weighted by Crippen LogP contribution is 2.23. The average Bonchev–Trinajstić information content (AvgIpc) is 2.46. The molecule has 0 spiro atoms. The summed E-state index contributed by atoms with van der Waals surface area (Å²) in [6, 6.07) is 7.21. The molecule has 1 N–H and O–H groups in total. The lowest BCUT2D eigenvalue weighted by Gasteiger charge is -2.35. The van der Waals surface area contributed by atoms with Gasteiger partial charge in [0.2, 0.25) is 5.91 Å². The Bertz CT molecular complexity index is 514. The van der Waals surface area contributed by atoms with Crippen LogP contribution in [-0.2, 0) is 4.79 Å². The Labute approximate surface area is 132 Å². The standard InChI is InChI=1S/C18H26N2O2/c1-4-5-17(21)19-16-8-6-15(7-9-16)18(22)20-11-13(2)10-14(3)12-20/h6-9,13-14H,4-5,10-12H2,1-3H3,(H,19,21)/t13-,14-/m1/s1. The zero-order chi connectivity index (χ0) is 16.1. The molecule has 0 unspecified atom stereocenters. The van der Waals surface area contributed by atoms with Gasteiger partial charge in [-0.3, -0.25) is 9.59 Å². The third kappa shape index (κ3) is 4.33. The summed E-state index contributed by atoms with van der Waals surface area (Å²) in [4.78, 5) is 26.1. The van der Waals surface area contributed by atoms with Crippen molar-refractivity contribution in [1.82, 2.24) is 4.90 Å². The van der Waals surface area contributed by atoms with Crippen LogP contribution < -0.4 is 5.32 Å². The molecule has 0 aliphatic carbocycles. The number of nitrogens with zero attached hydrogens (tertiary/aromatic N) is 1. The number of amides is 2. The van der Waals surface area contributed by atoms with Crippen molar-refractivity contribution < 1.29 is 9.59 Å². The second kappa shape index (κ2) is 7.43. The first kappa shape index (κ1) is 16.5. The summed E-state index contributed by atoms with van der Waals surface area (Å²) in [6.07, 6.45) is 2.53. The van der Waals surface area contributed by atoms with Crippen LogP contribution in [0.5, 0.6) is 0 Å². The molecule has 4 heteroatoms. The summed E-state index contributed by atoms with van der Waals surface area (Å²) in [5.74, 6) is 1.21. The van der Waals surface area contributed by atoms with Gasteiger partial charge < -0.3 is 10.2 Å². The molecule has 0 saturated carbocycles. The van der Waals surface area contributed by atoms with E-state index in [-0.39, 0.29) is 11.8 Å². The van der Waals surface area contributed by atoms with Crippen LogP contribution in [0.15, 0.2) is 24.3 Å². The average molecular weight is 302 g/mol. The number of nitrogens with one attached hydrogen (secondary N) is 1. The molecule has 1 heterocycles. The van der Waals surface area contributed by atoms with Gasteiger partial charge >= 0.3 is 0 Å². The molecular formula is C18H26N2O2. The second-order valence-corrected chi connectivity index (χ2v) is 6.53. The van der Waals surface area contributed by atoms with Crippen LogP contribution in [-0.4, -0.2) is 29.8 Å². The van der Waals surface area contributed by atoms with Crippen molar-refractivity contribution in [3.8, 4) is 0 Å². The minimum atomic E-state index is 0.0141. The van der Waals surface area contributed by atoms with E-state index in [2.05, 4.69) is 19.2 Å². The number of carbonyl (C=O) groups is 2. The highest BCUT2D eigenvalue weighted by molar-refractivity contribution is 5.95. The van der Waals surface area contributed by atoms with Crippen LogP contribution in [0.25, 0.3) is 0 Å². The molecule has 2 atom stereocenters. The first-order valence-electron chi connectivity index (χ1n) is 8.18. The minimum absolute atomic E-state index is 0.0141. The Morgan fingerprint density at radius 3 is 2.27 bits per heavy atom. The first-order valence-corrected chi connectivity index (χ1v) is 8.18. The highest BCUT2D eigenvalue weighted by atomic mass is 16.2. The number of hydrogen-bond donors (Lipinski definition) is 1. The maximum absolute atomic E-state index is 12.6. The lowest BCUT2D eigenvalue weighted by Crippen LogP contribution is -2.42. The van der Waals surface area contributed by atoms with Crippen molar-refractivity contribution in [3.05, 3.63) is 29.8 Å². The molecule has 1 aliphatic heterocycles. The van der Waals surface area contributed by atoms with Crippen molar-refractivity contribution in [2.45, 2.75) is 40.0 Å². The molecule has 2 rings (SSSR count). The molecule has 0 bridgehead atoms. The number of anilines is 1. The fourth-order valence-corrected chi connectivity index (χ4v) is 3.16. The van der Waals surface area contributed by atoms with E-state index in [9.17, 15) is 9.59 Å². The molecule has 2 amide bonds. The molecule has 0 radical (unpaired) electrons. The SMILES string of the molecule is CCCC(=O)Nc1ccc(C(=O)N2C[C@H](C)C[C@@H](C)C2)cc1. The van der Waals surface area contributed by atoms with Crippen molar-refractivity contribution in [2.24, 2.45) is 11.8 Å². The number of hydrogen-bond acceptors (Lipinski definition) is 2. The molecule has 4 nitrogen and oxygen atoms in total. The second-order valence-electron chi connectivity index (χ2n) is 6.53. The summed E-state index contributed by atoms with van der Waals surface area (Å²) in [5, 5.41) is 2.84. The van der Waals surface area contributed by atoms with E-state index in [1.54, 1.807) is 24.3 Å². The quantitative estimate of drug-likeness (QED) is 0.924. The fraction of sp³-hybridized carbons (Fsp3) is 0.556. The minimum Gasteiger partial charge on any atom is -0.338 e. The summed E-state index contributed by atoms with van der Waals surface area (Å²) in [6.45, 7) is 8.03. The predicted octanol–water partition coefficient (Wildman–Crippen LogP) is 3.54. The van der Waals surface area contributed by atoms with Crippen LogP contribution in [0.1, 0.15) is 50.4 Å². The van der Waals surface area contributed by atoms with Gasteiger partial charge in [-0.15, -0.1) is 0 Å². The van der Waals surface area contributed by atoms with E-state index in [4.69, 9.17) is 0 Å². The van der Waals surface area contributed by atoms with Crippen molar-refractivity contribution in [3.63, 3.8) is 0 Å². The maximum atomic E-state index is 12.6. The largest absolute Gasteiger partial charge is 0.338 e. The first-order chi connectivity index (χ1) is 10.5. The maximum Gasteiger partial charge on any atom is 0.253 e. The summed E-state index contributed by atoms with van der Waals surface area (Å²) in [5.41, 5.74) is 1.44. The van der Waals surface area contributed by atoms with Gasteiger partial charge in [0.1, 0.15) is 0 Å². The van der Waals surface area contributed by atoms with Gasteiger partial charge in [0.05, 0.1) is 0 Å². The van der Waals surface area contributed by atoms with Crippen LogP contribution in [0.4, 0.5) is 5.69 Å². The fourth-order valence-electron chi connectivity index (χ4n) is 3.16. The topological polar surface area (TPSA) is 49.4 Å². The number of carbonyl (C=O) groups excluding carboxylic acids is 2. The van der Waals surface area contributed by atoms with E-state index >= 15 is 0 Å². The van der Waals surface area contributed by atoms with E-state index < -0.39 is 0 Å². The van der Waals surface area contributed by atoms with E-state index in [0.29, 0.717) is 23.8 Å². The van der Waals surface area contributed by atoms with Crippen molar-refractivity contribution >= 4 is 17.5 Å². The van der Waals surface area contributed by atoms with Gasteiger partial charge in [0, 0.05) is 30.8 Å². The molecule has 0 aromatic heterocycles. The summed E-state index contributed by atoms with van der Waals surface area (Å²) >= 11 is 0. The molecule has 1 aromatic carbocycles. The Balaban J connectivity index is 2.00. The molecule has 1 fully saturated rings. The van der Waals surface area contributed by atoms with Gasteiger partial charge in [0.25, 0.3) is 5.91 Å². The normalized spacial score (nSPS) is 21.5. The van der Waals surface area contributed by atoms with Crippen LogP contribution in [0.2, 0.25) is 0 Å². The number of piperidine rings is 1. The van der Waals surface area contributed by atoms with Crippen LogP contribution in [0, 0.1) is 11.8 Å². The lowest BCUT2D eigenvalue weighted by molar-refractivity contribution is -0.116. The van der Waals surface area contributed by atoms with E-state index in [1.165, 1.54) is 6.42 Å². The van der Waals surface area contributed by atoms with Crippen LogP contribution >= 0.6 is 0 Å². The van der Waals surface area contributed by atoms with Crippen molar-refractivity contribution in [1.29, 1.82) is 0 Å². The highest BCUT2D eigenvalue weighted by Gasteiger charge is 2.25. The number of likely N-dealkylation sites (tertiary alicyclic amines) is 1. The molecule has 120 valence electrons. The Morgan fingerprint density at radius 1 is 1.14 bits per heavy atom. The third-order valence-electron chi connectivity index (χ3n) is 4.05. The van der Waals surface area contributed by atoms with Crippen molar-refractivity contribution in [2.75, 3.05) is 18.4 Å². The lowest BCUT2D eigenvalue weighted by atomic mass is 9.91. The molecule has 1 aliphatic rings. The monoisotopic (exact) mass is 302 g/mol. The zero-order valence-corrected chi connectivity index (χ0v) is 13.8. The van der Waals surface area contributed by atoms with E-state index in [0.717, 1.165) is 25.2 Å². The Kier molecular flexibility index (Phi) is 5.58. The van der Waals surface area contributed by atoms with Gasteiger partial charge in [-0.25, -0.2) is 0 Å². The molecule has 1 aromatic rings. The van der Waals surface area contributed by atoms with Gasteiger partial charge in [-0.05, 0) is 48.9 Å². The Morgan fingerprint density at radius 2 is 1.73 bits per heavy atom. The molecule has 22 heavy (non-hydrogen) atoms. The van der Waals surface area contributed by atoms with E-state index in [1.807, 2.05) is 11.8 Å². The predicted molar refractivity (Wildman–Crippen MR) is 88.8 cm³/mol. The number of rotatable bonds is 4. The van der Waals surface area contributed by atoms with Gasteiger partial charge in [-0.2, -0.15) is 0 Å². The molecule has 1 saturated heterocycles. The van der Waals surface area contributed by atoms with Crippen LogP contribution in [0.3, 0.4) is 0 Å². The third-order valence-corrected chi connectivity index (χ3v) is 4.05. The summed E-state index contributed by atoms with van der Waals surface area (Å²) < 4.78 is 0. The van der Waals surface area contributed by atoms with Gasteiger partial charge in [-0.1, -0.05) is 20.8 Å². The Hall–Kier alpha value is -1.84. The molecular weight excluding hydrogens is 276 g/mol. The smallest absolute Gasteiger partial charge is 0.253 e. The summed E-state index contributed by atoms with van der Waals surface area (Å²) in [7, 11) is 0. The zero-order valence-electron chi connectivity index (χ0n) is 13.8. The number of benzene rings is 1.